The van der Waals surface area contributed by atoms with Crippen molar-refractivity contribution >= 4 is 22.3 Å². The Hall–Kier alpha value is -0.940. The fourth-order valence-corrected chi connectivity index (χ4v) is 2.33. The third kappa shape index (κ3) is 1.93. The van der Waals surface area contributed by atoms with E-state index in [2.05, 4.69) is 9.88 Å². The van der Waals surface area contributed by atoms with E-state index in [4.69, 9.17) is 5.73 Å². The van der Waals surface area contributed by atoms with Crippen molar-refractivity contribution in [1.29, 1.82) is 0 Å². The fraction of sp³-hybridized carbons (Fsp3) is 0.556. The summed E-state index contributed by atoms with van der Waals surface area (Å²) in [6, 6.07) is 0. The van der Waals surface area contributed by atoms with Crippen molar-refractivity contribution in [2.45, 2.75) is 19.4 Å². The van der Waals surface area contributed by atoms with Crippen molar-refractivity contribution in [1.82, 2.24) is 4.98 Å². The van der Waals surface area contributed by atoms with Crippen molar-refractivity contribution in [3.05, 3.63) is 11.1 Å². The number of Topliss-reactive ketones (excluding diaryl/α,β-unsaturated/α-hetero) is 1. The van der Waals surface area contributed by atoms with E-state index < -0.39 is 0 Å². The Morgan fingerprint density at radius 1 is 1.50 bits per heavy atom. The molecule has 14 heavy (non-hydrogen) atoms. The number of ketones is 1. The van der Waals surface area contributed by atoms with Crippen LogP contribution in [0.3, 0.4) is 0 Å². The summed E-state index contributed by atoms with van der Waals surface area (Å²) in [5, 5.41) is 0.998. The Balaban J connectivity index is 2.04. The number of piperidine rings is 1. The first-order valence-corrected chi connectivity index (χ1v) is 5.52. The van der Waals surface area contributed by atoms with Gasteiger partial charge >= 0.3 is 0 Å². The van der Waals surface area contributed by atoms with Gasteiger partial charge in [-0.25, -0.2) is 4.98 Å². The van der Waals surface area contributed by atoms with Crippen LogP contribution in [0.15, 0.2) is 6.20 Å². The molecule has 0 aliphatic carbocycles. The standard InChI is InChI=1S/C9H13N3OS/c10-5-8-6-11-9(14-8)12-3-1-7(13)2-4-12/h6H,1-5,10H2. The lowest BCUT2D eigenvalue weighted by Crippen LogP contribution is -2.33. The lowest BCUT2D eigenvalue weighted by molar-refractivity contribution is -0.119. The highest BCUT2D eigenvalue weighted by Gasteiger charge is 2.18. The van der Waals surface area contributed by atoms with Gasteiger partial charge in [-0.2, -0.15) is 0 Å². The van der Waals surface area contributed by atoms with Gasteiger partial charge < -0.3 is 10.6 Å². The van der Waals surface area contributed by atoms with E-state index >= 15 is 0 Å². The molecule has 2 heterocycles. The summed E-state index contributed by atoms with van der Waals surface area (Å²) < 4.78 is 0. The molecule has 1 saturated heterocycles. The third-order valence-corrected chi connectivity index (χ3v) is 3.41. The molecular formula is C9H13N3OS. The van der Waals surface area contributed by atoms with Gasteiger partial charge in [-0.3, -0.25) is 4.79 Å². The van der Waals surface area contributed by atoms with Crippen LogP contribution in [-0.4, -0.2) is 23.9 Å². The van der Waals surface area contributed by atoms with Crippen LogP contribution in [0.4, 0.5) is 5.13 Å². The maximum absolute atomic E-state index is 11.0. The maximum atomic E-state index is 11.0. The second kappa shape index (κ2) is 4.06. The molecule has 0 amide bonds. The lowest BCUT2D eigenvalue weighted by atomic mass is 10.1. The summed E-state index contributed by atoms with van der Waals surface area (Å²) in [6.45, 7) is 2.15. The predicted octanol–water partition coefficient (Wildman–Crippen LogP) is 0.771. The summed E-state index contributed by atoms with van der Waals surface area (Å²) >= 11 is 1.62. The number of nitrogens with two attached hydrogens (primary N) is 1. The monoisotopic (exact) mass is 211 g/mol. The van der Waals surface area contributed by atoms with E-state index in [1.165, 1.54) is 0 Å². The summed E-state index contributed by atoms with van der Waals surface area (Å²) in [4.78, 5) is 18.6. The quantitative estimate of drug-likeness (QED) is 0.785. The van der Waals surface area contributed by atoms with Crippen molar-refractivity contribution in [3.8, 4) is 0 Å². The van der Waals surface area contributed by atoms with Gasteiger partial charge in [0.2, 0.25) is 0 Å². The zero-order chi connectivity index (χ0) is 9.97. The molecule has 1 fully saturated rings. The molecule has 1 aromatic heterocycles. The molecular weight excluding hydrogens is 198 g/mol. The molecule has 0 saturated carbocycles. The molecule has 2 N–H and O–H groups in total. The molecule has 76 valence electrons. The zero-order valence-electron chi connectivity index (χ0n) is 7.90. The first-order chi connectivity index (χ1) is 6.79. The summed E-state index contributed by atoms with van der Waals surface area (Å²) in [7, 11) is 0. The number of rotatable bonds is 2. The Morgan fingerprint density at radius 2 is 2.21 bits per heavy atom. The zero-order valence-corrected chi connectivity index (χ0v) is 8.72. The van der Waals surface area contributed by atoms with Crippen molar-refractivity contribution in [2.24, 2.45) is 5.73 Å². The van der Waals surface area contributed by atoms with Crippen LogP contribution in [0.25, 0.3) is 0 Å². The highest BCUT2D eigenvalue weighted by Crippen LogP contribution is 2.24. The minimum absolute atomic E-state index is 0.358. The third-order valence-electron chi connectivity index (χ3n) is 2.33. The number of hydrogen-bond acceptors (Lipinski definition) is 5. The summed E-state index contributed by atoms with van der Waals surface area (Å²) in [5.74, 6) is 0.358. The number of aromatic nitrogens is 1. The number of hydrogen-bond donors (Lipinski definition) is 1. The minimum Gasteiger partial charge on any atom is -0.347 e. The Bertz CT molecular complexity index is 327. The van der Waals surface area contributed by atoms with Gasteiger partial charge in [0.05, 0.1) is 0 Å². The maximum Gasteiger partial charge on any atom is 0.185 e. The van der Waals surface area contributed by atoms with Crippen molar-refractivity contribution in [3.63, 3.8) is 0 Å². The molecule has 1 aromatic rings. The molecule has 0 spiro atoms. The second-order valence-electron chi connectivity index (χ2n) is 3.34. The molecule has 4 nitrogen and oxygen atoms in total. The van der Waals surface area contributed by atoms with Gasteiger partial charge in [-0.15, -0.1) is 11.3 Å². The smallest absolute Gasteiger partial charge is 0.185 e. The SMILES string of the molecule is NCc1cnc(N2CCC(=O)CC2)s1. The number of carbonyl (C=O) groups excluding carboxylic acids is 1. The molecule has 0 aromatic carbocycles. The van der Waals surface area contributed by atoms with Gasteiger partial charge in [-0.1, -0.05) is 0 Å². The minimum atomic E-state index is 0.358. The molecule has 0 unspecified atom stereocenters. The molecule has 0 radical (unpaired) electrons. The molecule has 2 rings (SSSR count). The van der Waals surface area contributed by atoms with Crippen molar-refractivity contribution < 1.29 is 4.79 Å². The Labute approximate surface area is 86.7 Å². The molecule has 1 aliphatic heterocycles. The predicted molar refractivity (Wildman–Crippen MR) is 56.5 cm³/mol. The number of anilines is 1. The first-order valence-electron chi connectivity index (χ1n) is 4.71. The van der Waals surface area contributed by atoms with E-state index in [0.29, 0.717) is 25.2 Å². The highest BCUT2D eigenvalue weighted by molar-refractivity contribution is 7.15. The number of thiazole rings is 1. The van der Waals surface area contributed by atoms with Crippen LogP contribution in [0, 0.1) is 0 Å². The van der Waals surface area contributed by atoms with Crippen LogP contribution < -0.4 is 10.6 Å². The summed E-state index contributed by atoms with van der Waals surface area (Å²) in [6.07, 6.45) is 3.12. The largest absolute Gasteiger partial charge is 0.347 e. The first kappa shape index (κ1) is 9.61. The second-order valence-corrected chi connectivity index (χ2v) is 4.43. The highest BCUT2D eigenvalue weighted by atomic mass is 32.1. The average molecular weight is 211 g/mol. The summed E-state index contributed by atoms with van der Waals surface area (Å²) in [5.41, 5.74) is 5.51. The van der Waals surface area contributed by atoms with Gasteiger partial charge in [-0.05, 0) is 0 Å². The molecule has 1 aliphatic rings. The van der Waals surface area contributed by atoms with Crippen LogP contribution in [0.1, 0.15) is 17.7 Å². The fourth-order valence-electron chi connectivity index (χ4n) is 1.49. The number of nitrogens with zero attached hydrogens (tertiary/aromatic N) is 2. The lowest BCUT2D eigenvalue weighted by Gasteiger charge is -2.25. The van der Waals surface area contributed by atoms with Gasteiger partial charge in [0.25, 0.3) is 0 Å². The van der Waals surface area contributed by atoms with Crippen molar-refractivity contribution in [2.75, 3.05) is 18.0 Å². The Kier molecular flexibility index (Phi) is 2.79. The van der Waals surface area contributed by atoms with Crippen LogP contribution >= 0.6 is 11.3 Å². The molecule has 5 heteroatoms. The van der Waals surface area contributed by atoms with E-state index in [1.807, 2.05) is 6.20 Å². The van der Waals surface area contributed by atoms with E-state index in [1.54, 1.807) is 11.3 Å². The molecule has 0 atom stereocenters. The van der Waals surface area contributed by atoms with Gasteiger partial charge in [0, 0.05) is 43.5 Å². The number of carbonyl (C=O) groups is 1. The van der Waals surface area contributed by atoms with Crippen LogP contribution in [-0.2, 0) is 11.3 Å². The average Bonchev–Trinajstić information content (AvgIpc) is 2.67. The van der Waals surface area contributed by atoms with Gasteiger partial charge in [0.15, 0.2) is 5.13 Å². The van der Waals surface area contributed by atoms with Crippen LogP contribution in [0.2, 0.25) is 0 Å². The topological polar surface area (TPSA) is 59.2 Å². The van der Waals surface area contributed by atoms with Gasteiger partial charge in [0.1, 0.15) is 5.78 Å². The van der Waals surface area contributed by atoms with E-state index in [0.717, 1.165) is 23.1 Å². The molecule has 0 bridgehead atoms. The van der Waals surface area contributed by atoms with E-state index in [9.17, 15) is 4.79 Å². The normalized spacial score (nSPS) is 17.5. The van der Waals surface area contributed by atoms with Crippen LogP contribution in [0.5, 0.6) is 0 Å². The van der Waals surface area contributed by atoms with E-state index in [-0.39, 0.29) is 0 Å². The Morgan fingerprint density at radius 3 is 2.79 bits per heavy atom.